The van der Waals surface area contributed by atoms with Crippen LogP contribution < -0.4 is 10.6 Å². The van der Waals surface area contributed by atoms with Crippen molar-refractivity contribution in [3.8, 4) is 0 Å². The van der Waals surface area contributed by atoms with Crippen LogP contribution >= 0.6 is 0 Å². The molecule has 0 radical (unpaired) electrons. The second-order valence-electron chi connectivity index (χ2n) is 4.67. The van der Waals surface area contributed by atoms with Crippen LogP contribution in [0.2, 0.25) is 0 Å². The molecule has 5 heteroatoms. The van der Waals surface area contributed by atoms with Crippen molar-refractivity contribution in [2.75, 3.05) is 11.9 Å². The zero-order valence-electron chi connectivity index (χ0n) is 11.7. The summed E-state index contributed by atoms with van der Waals surface area (Å²) in [5.41, 5.74) is 3.63. The highest BCUT2D eigenvalue weighted by atomic mass is 16.1. The molecule has 104 valence electrons. The Morgan fingerprint density at radius 1 is 1.20 bits per heavy atom. The van der Waals surface area contributed by atoms with E-state index in [9.17, 15) is 4.79 Å². The smallest absolute Gasteiger partial charge is 0.238 e. The summed E-state index contributed by atoms with van der Waals surface area (Å²) in [7, 11) is 0. The zero-order valence-corrected chi connectivity index (χ0v) is 11.7. The molecule has 0 aliphatic rings. The van der Waals surface area contributed by atoms with Gasteiger partial charge in [-0.05, 0) is 31.5 Å². The average molecular weight is 270 g/mol. The summed E-state index contributed by atoms with van der Waals surface area (Å²) in [4.78, 5) is 20.1. The maximum absolute atomic E-state index is 11.8. The van der Waals surface area contributed by atoms with Gasteiger partial charge in [0.05, 0.1) is 17.9 Å². The molecule has 5 nitrogen and oxygen atoms in total. The monoisotopic (exact) mass is 270 g/mol. The summed E-state index contributed by atoms with van der Waals surface area (Å²) in [6.07, 6.45) is 3.42. The Morgan fingerprint density at radius 3 is 2.75 bits per heavy atom. The van der Waals surface area contributed by atoms with Crippen molar-refractivity contribution in [3.05, 3.63) is 53.6 Å². The van der Waals surface area contributed by atoms with E-state index in [0.29, 0.717) is 6.54 Å². The lowest BCUT2D eigenvalue weighted by Crippen LogP contribution is -2.28. The number of amides is 1. The Morgan fingerprint density at radius 2 is 2.05 bits per heavy atom. The van der Waals surface area contributed by atoms with Crippen LogP contribution in [-0.2, 0) is 11.3 Å². The summed E-state index contributed by atoms with van der Waals surface area (Å²) < 4.78 is 0. The van der Waals surface area contributed by atoms with E-state index in [0.717, 1.165) is 22.6 Å². The highest BCUT2D eigenvalue weighted by molar-refractivity contribution is 5.92. The van der Waals surface area contributed by atoms with Gasteiger partial charge in [-0.25, -0.2) is 0 Å². The number of anilines is 1. The standard InChI is InChI=1S/C15H18N4O/c1-11-4-3-5-13(6-11)19-15(20)10-16-8-14-9-17-12(2)7-18-14/h3-7,9,16H,8,10H2,1-2H3,(H,19,20). The molecule has 0 saturated heterocycles. The fraction of sp³-hybridized carbons (Fsp3) is 0.267. The van der Waals surface area contributed by atoms with Crippen LogP contribution in [0.3, 0.4) is 0 Å². The van der Waals surface area contributed by atoms with E-state index < -0.39 is 0 Å². The molecule has 2 N–H and O–H groups in total. The van der Waals surface area contributed by atoms with Crippen molar-refractivity contribution >= 4 is 11.6 Å². The molecule has 1 heterocycles. The van der Waals surface area contributed by atoms with Gasteiger partial charge in [-0.15, -0.1) is 0 Å². The first-order chi connectivity index (χ1) is 9.63. The first-order valence-electron chi connectivity index (χ1n) is 6.48. The Balaban J connectivity index is 1.76. The van der Waals surface area contributed by atoms with Crippen LogP contribution in [0.4, 0.5) is 5.69 Å². The third kappa shape index (κ3) is 4.44. The molecule has 2 rings (SSSR count). The Hall–Kier alpha value is -2.27. The SMILES string of the molecule is Cc1cccc(NC(=O)CNCc2cnc(C)cn2)c1. The number of hydrogen-bond acceptors (Lipinski definition) is 4. The Labute approximate surface area is 118 Å². The third-order valence-corrected chi connectivity index (χ3v) is 2.73. The molecule has 0 spiro atoms. The molecule has 0 aliphatic carbocycles. The van der Waals surface area contributed by atoms with Gasteiger partial charge in [0.15, 0.2) is 0 Å². The van der Waals surface area contributed by atoms with Gasteiger partial charge in [0.25, 0.3) is 0 Å². The molecule has 2 aromatic rings. The molecular weight excluding hydrogens is 252 g/mol. The van der Waals surface area contributed by atoms with Crippen LogP contribution in [-0.4, -0.2) is 22.4 Å². The molecule has 0 aliphatic heterocycles. The van der Waals surface area contributed by atoms with Gasteiger partial charge >= 0.3 is 0 Å². The minimum Gasteiger partial charge on any atom is -0.325 e. The van der Waals surface area contributed by atoms with Crippen LogP contribution in [0, 0.1) is 13.8 Å². The fourth-order valence-corrected chi connectivity index (χ4v) is 1.74. The number of hydrogen-bond donors (Lipinski definition) is 2. The van der Waals surface area contributed by atoms with Gasteiger partial charge in [-0.3, -0.25) is 14.8 Å². The van der Waals surface area contributed by atoms with E-state index in [1.54, 1.807) is 12.4 Å². The summed E-state index contributed by atoms with van der Waals surface area (Å²) in [6.45, 7) is 4.64. The van der Waals surface area contributed by atoms with Crippen molar-refractivity contribution in [1.29, 1.82) is 0 Å². The third-order valence-electron chi connectivity index (χ3n) is 2.73. The highest BCUT2D eigenvalue weighted by Crippen LogP contribution is 2.08. The first-order valence-corrected chi connectivity index (χ1v) is 6.48. The quantitative estimate of drug-likeness (QED) is 0.869. The van der Waals surface area contributed by atoms with Crippen LogP contribution in [0.25, 0.3) is 0 Å². The molecule has 0 unspecified atom stereocenters. The number of nitrogens with zero attached hydrogens (tertiary/aromatic N) is 2. The molecule has 1 aromatic heterocycles. The molecular formula is C15H18N4O. The van der Waals surface area contributed by atoms with Crippen molar-refractivity contribution in [2.24, 2.45) is 0 Å². The van der Waals surface area contributed by atoms with Gasteiger partial charge in [-0.2, -0.15) is 0 Å². The number of rotatable bonds is 5. The predicted octanol–water partition coefficient (Wildman–Crippen LogP) is 1.82. The van der Waals surface area contributed by atoms with E-state index in [1.165, 1.54) is 0 Å². The van der Waals surface area contributed by atoms with Crippen LogP contribution in [0.5, 0.6) is 0 Å². The zero-order chi connectivity index (χ0) is 14.4. The minimum absolute atomic E-state index is 0.0735. The summed E-state index contributed by atoms with van der Waals surface area (Å²) in [5, 5.41) is 5.88. The van der Waals surface area contributed by atoms with Crippen molar-refractivity contribution < 1.29 is 4.79 Å². The van der Waals surface area contributed by atoms with Gasteiger partial charge in [-0.1, -0.05) is 12.1 Å². The molecule has 20 heavy (non-hydrogen) atoms. The van der Waals surface area contributed by atoms with E-state index in [2.05, 4.69) is 20.6 Å². The lowest BCUT2D eigenvalue weighted by Gasteiger charge is -2.07. The van der Waals surface area contributed by atoms with E-state index >= 15 is 0 Å². The number of aromatic nitrogens is 2. The second-order valence-corrected chi connectivity index (χ2v) is 4.67. The minimum atomic E-state index is -0.0735. The van der Waals surface area contributed by atoms with Gasteiger partial charge < -0.3 is 10.6 Å². The van der Waals surface area contributed by atoms with Gasteiger partial charge in [0.1, 0.15) is 0 Å². The topological polar surface area (TPSA) is 66.9 Å². The summed E-state index contributed by atoms with van der Waals surface area (Å²) in [5.74, 6) is -0.0735. The van der Waals surface area contributed by atoms with E-state index in [4.69, 9.17) is 0 Å². The lowest BCUT2D eigenvalue weighted by atomic mass is 10.2. The Kier molecular flexibility index (Phi) is 4.79. The summed E-state index contributed by atoms with van der Waals surface area (Å²) in [6, 6.07) is 7.71. The highest BCUT2D eigenvalue weighted by Gasteiger charge is 2.02. The van der Waals surface area contributed by atoms with Gasteiger partial charge in [0, 0.05) is 24.6 Å². The Bertz CT molecular complexity index is 581. The average Bonchev–Trinajstić information content (AvgIpc) is 2.41. The normalized spacial score (nSPS) is 10.3. The summed E-state index contributed by atoms with van der Waals surface area (Å²) >= 11 is 0. The molecule has 0 bridgehead atoms. The predicted molar refractivity (Wildman–Crippen MR) is 78.3 cm³/mol. The molecule has 0 atom stereocenters. The van der Waals surface area contributed by atoms with E-state index in [1.807, 2.05) is 38.1 Å². The lowest BCUT2D eigenvalue weighted by molar-refractivity contribution is -0.115. The van der Waals surface area contributed by atoms with E-state index in [-0.39, 0.29) is 12.5 Å². The van der Waals surface area contributed by atoms with Gasteiger partial charge in [0.2, 0.25) is 5.91 Å². The number of aryl methyl sites for hydroxylation is 2. The molecule has 1 amide bonds. The number of carbonyl (C=O) groups is 1. The van der Waals surface area contributed by atoms with Crippen molar-refractivity contribution in [1.82, 2.24) is 15.3 Å². The molecule has 0 saturated carbocycles. The van der Waals surface area contributed by atoms with Crippen LogP contribution in [0.1, 0.15) is 17.0 Å². The fourth-order valence-electron chi connectivity index (χ4n) is 1.74. The maximum atomic E-state index is 11.8. The molecule has 0 fully saturated rings. The van der Waals surface area contributed by atoms with Crippen LogP contribution in [0.15, 0.2) is 36.7 Å². The second kappa shape index (κ2) is 6.77. The number of carbonyl (C=O) groups excluding carboxylic acids is 1. The largest absolute Gasteiger partial charge is 0.325 e. The first kappa shape index (κ1) is 14.1. The van der Waals surface area contributed by atoms with Crippen molar-refractivity contribution in [3.63, 3.8) is 0 Å². The molecule has 1 aromatic carbocycles. The maximum Gasteiger partial charge on any atom is 0.238 e. The number of nitrogens with one attached hydrogen (secondary N) is 2. The van der Waals surface area contributed by atoms with Crippen molar-refractivity contribution in [2.45, 2.75) is 20.4 Å². The number of benzene rings is 1.